The van der Waals surface area contributed by atoms with Crippen molar-refractivity contribution in [3.8, 4) is 11.4 Å². The predicted octanol–water partition coefficient (Wildman–Crippen LogP) is 6.23. The van der Waals surface area contributed by atoms with Gasteiger partial charge in [0.25, 0.3) is 5.91 Å². The number of halogens is 3. The van der Waals surface area contributed by atoms with Crippen molar-refractivity contribution in [3.63, 3.8) is 0 Å². The molecule has 0 fully saturated rings. The van der Waals surface area contributed by atoms with Gasteiger partial charge in [0.05, 0.1) is 27.5 Å². The van der Waals surface area contributed by atoms with Crippen molar-refractivity contribution in [2.45, 2.75) is 13.0 Å². The molecule has 1 amide bonds. The minimum atomic E-state index is -0.681. The average Bonchev–Trinajstić information content (AvgIpc) is 3.24. The lowest BCUT2D eigenvalue weighted by Gasteiger charge is -2.29. The maximum absolute atomic E-state index is 13.5. The molecule has 2 aromatic heterocycles. The van der Waals surface area contributed by atoms with Gasteiger partial charge in [-0.1, -0.05) is 59.1 Å². The van der Waals surface area contributed by atoms with E-state index in [1.807, 2.05) is 18.2 Å². The van der Waals surface area contributed by atoms with Gasteiger partial charge in [-0.15, -0.1) is 5.10 Å². The van der Waals surface area contributed by atoms with Gasteiger partial charge in [0.15, 0.2) is 5.82 Å². The fourth-order valence-corrected chi connectivity index (χ4v) is 4.45. The summed E-state index contributed by atoms with van der Waals surface area (Å²) in [6, 6.07) is 15.4. The Hall–Kier alpha value is -3.39. The van der Waals surface area contributed by atoms with Crippen molar-refractivity contribution in [2.24, 2.45) is 0 Å². The molecule has 2 aromatic carbocycles. The standard InChI is InChI=1S/C24H17Cl3N6O/c1-13-19(23(34)30-16-7-4-10-28-12-16)21(17-8-3-9-18(26)20(17)27)33-24(29-13)31-22(32-33)14-5-2-6-15(25)11-14/h2-12,21H,1H3,(H,30,34)(H,29,31,32). The lowest BCUT2D eigenvalue weighted by Crippen LogP contribution is -2.31. The molecule has 5 rings (SSSR count). The summed E-state index contributed by atoms with van der Waals surface area (Å²) in [4.78, 5) is 22.2. The summed E-state index contributed by atoms with van der Waals surface area (Å²) < 4.78 is 1.64. The molecule has 1 aliphatic heterocycles. The van der Waals surface area contributed by atoms with Crippen molar-refractivity contribution in [1.82, 2.24) is 19.7 Å². The van der Waals surface area contributed by atoms with E-state index in [4.69, 9.17) is 39.9 Å². The van der Waals surface area contributed by atoms with Crippen LogP contribution in [0.2, 0.25) is 15.1 Å². The van der Waals surface area contributed by atoms with Gasteiger partial charge in [-0.25, -0.2) is 4.68 Å². The predicted molar refractivity (Wildman–Crippen MR) is 134 cm³/mol. The number of carbonyl (C=O) groups excluding carboxylic acids is 1. The summed E-state index contributed by atoms with van der Waals surface area (Å²) >= 11 is 19.1. The van der Waals surface area contributed by atoms with Gasteiger partial charge in [-0.05, 0) is 37.3 Å². The normalized spacial score (nSPS) is 15.0. The molecule has 1 atom stereocenters. The Bertz CT molecular complexity index is 1430. The van der Waals surface area contributed by atoms with Crippen LogP contribution in [0, 0.1) is 0 Å². The molecular formula is C24H17Cl3N6O. The Morgan fingerprint density at radius 3 is 2.68 bits per heavy atom. The van der Waals surface area contributed by atoms with E-state index in [0.29, 0.717) is 49.4 Å². The first-order valence-corrected chi connectivity index (χ1v) is 11.4. The molecule has 0 radical (unpaired) electrons. The highest BCUT2D eigenvalue weighted by Gasteiger charge is 2.36. The monoisotopic (exact) mass is 510 g/mol. The number of anilines is 2. The third-order valence-corrected chi connectivity index (χ3v) is 6.44. The lowest BCUT2D eigenvalue weighted by atomic mass is 9.95. The third-order valence-electron chi connectivity index (χ3n) is 5.38. The number of pyridine rings is 1. The van der Waals surface area contributed by atoms with Crippen LogP contribution in [-0.4, -0.2) is 25.7 Å². The van der Waals surface area contributed by atoms with E-state index in [2.05, 4.69) is 20.6 Å². The van der Waals surface area contributed by atoms with Crippen molar-refractivity contribution in [3.05, 3.63) is 98.9 Å². The summed E-state index contributed by atoms with van der Waals surface area (Å²) in [7, 11) is 0. The summed E-state index contributed by atoms with van der Waals surface area (Å²) in [5.41, 5.74) is 2.96. The number of carbonyl (C=O) groups is 1. The van der Waals surface area contributed by atoms with Crippen LogP contribution in [0.1, 0.15) is 18.5 Å². The first kappa shape index (κ1) is 22.4. The SMILES string of the molecule is CC1=C(C(=O)Nc2cccnc2)C(c2cccc(Cl)c2Cl)n2nc(-c3cccc(Cl)c3)nc2N1. The lowest BCUT2D eigenvalue weighted by molar-refractivity contribution is -0.113. The molecule has 7 nitrogen and oxygen atoms in total. The van der Waals surface area contributed by atoms with Gasteiger partial charge in [-0.2, -0.15) is 4.98 Å². The zero-order valence-corrected chi connectivity index (χ0v) is 20.0. The van der Waals surface area contributed by atoms with E-state index in [0.717, 1.165) is 5.56 Å². The van der Waals surface area contributed by atoms with Gasteiger partial charge in [0.1, 0.15) is 6.04 Å². The molecule has 0 saturated carbocycles. The molecule has 1 aliphatic rings. The van der Waals surface area contributed by atoms with Crippen molar-refractivity contribution in [1.29, 1.82) is 0 Å². The van der Waals surface area contributed by atoms with Gasteiger partial charge < -0.3 is 10.6 Å². The van der Waals surface area contributed by atoms with Gasteiger partial charge in [0.2, 0.25) is 5.95 Å². The number of amides is 1. The Kier molecular flexibility index (Phi) is 6.00. The van der Waals surface area contributed by atoms with E-state index < -0.39 is 6.04 Å². The molecular weight excluding hydrogens is 495 g/mol. The van der Waals surface area contributed by atoms with Crippen LogP contribution < -0.4 is 10.6 Å². The Morgan fingerprint density at radius 2 is 1.91 bits per heavy atom. The number of nitrogens with one attached hydrogen (secondary N) is 2. The molecule has 2 N–H and O–H groups in total. The molecule has 0 bridgehead atoms. The van der Waals surface area contributed by atoms with Gasteiger partial charge in [0, 0.05) is 28.0 Å². The van der Waals surface area contributed by atoms with E-state index in [-0.39, 0.29) is 5.91 Å². The molecule has 10 heteroatoms. The maximum atomic E-state index is 13.5. The molecule has 3 heterocycles. The Labute approximate surface area is 210 Å². The van der Waals surface area contributed by atoms with Crippen LogP contribution in [0.4, 0.5) is 11.6 Å². The zero-order chi connectivity index (χ0) is 23.8. The summed E-state index contributed by atoms with van der Waals surface area (Å²) in [6.45, 7) is 1.81. The van der Waals surface area contributed by atoms with Crippen molar-refractivity contribution < 1.29 is 4.79 Å². The highest BCUT2D eigenvalue weighted by atomic mass is 35.5. The second-order valence-electron chi connectivity index (χ2n) is 7.62. The number of rotatable bonds is 4. The van der Waals surface area contributed by atoms with Crippen LogP contribution in [0.3, 0.4) is 0 Å². The van der Waals surface area contributed by atoms with Crippen LogP contribution in [0.15, 0.2) is 78.3 Å². The summed E-state index contributed by atoms with van der Waals surface area (Å²) in [5.74, 6) is 0.589. The van der Waals surface area contributed by atoms with Crippen molar-refractivity contribution in [2.75, 3.05) is 10.6 Å². The highest BCUT2D eigenvalue weighted by molar-refractivity contribution is 6.42. The topological polar surface area (TPSA) is 84.7 Å². The highest BCUT2D eigenvalue weighted by Crippen LogP contribution is 2.41. The van der Waals surface area contributed by atoms with E-state index in [9.17, 15) is 4.79 Å². The number of hydrogen-bond acceptors (Lipinski definition) is 5. The average molecular weight is 512 g/mol. The Morgan fingerprint density at radius 1 is 1.09 bits per heavy atom. The molecule has 34 heavy (non-hydrogen) atoms. The van der Waals surface area contributed by atoms with Gasteiger partial charge in [-0.3, -0.25) is 9.78 Å². The van der Waals surface area contributed by atoms with Crippen LogP contribution in [-0.2, 0) is 4.79 Å². The number of aromatic nitrogens is 4. The van der Waals surface area contributed by atoms with Crippen LogP contribution >= 0.6 is 34.8 Å². The summed E-state index contributed by atoms with van der Waals surface area (Å²) in [5, 5.41) is 12.1. The quantitative estimate of drug-likeness (QED) is 0.339. The molecule has 0 saturated heterocycles. The van der Waals surface area contributed by atoms with Crippen LogP contribution in [0.25, 0.3) is 11.4 Å². The van der Waals surface area contributed by atoms with E-state index >= 15 is 0 Å². The molecule has 1 unspecified atom stereocenters. The summed E-state index contributed by atoms with van der Waals surface area (Å²) in [6.07, 6.45) is 3.21. The van der Waals surface area contributed by atoms with Crippen molar-refractivity contribution >= 4 is 52.3 Å². The van der Waals surface area contributed by atoms with Gasteiger partial charge >= 0.3 is 0 Å². The number of benzene rings is 2. The number of hydrogen-bond donors (Lipinski definition) is 2. The minimum absolute atomic E-state index is 0.329. The molecule has 170 valence electrons. The number of fused-ring (bicyclic) bond motifs is 1. The fourth-order valence-electron chi connectivity index (χ4n) is 3.85. The minimum Gasteiger partial charge on any atom is -0.328 e. The number of nitrogens with zero attached hydrogens (tertiary/aromatic N) is 4. The van der Waals surface area contributed by atoms with E-state index in [1.165, 1.54) is 0 Å². The second kappa shape index (κ2) is 9.10. The largest absolute Gasteiger partial charge is 0.328 e. The fraction of sp³-hybridized carbons (Fsp3) is 0.0833. The first-order valence-electron chi connectivity index (χ1n) is 10.3. The first-order chi connectivity index (χ1) is 16.4. The number of allylic oxidation sites excluding steroid dienone is 1. The van der Waals surface area contributed by atoms with E-state index in [1.54, 1.807) is 60.4 Å². The molecule has 0 aliphatic carbocycles. The third kappa shape index (κ3) is 4.14. The second-order valence-corrected chi connectivity index (χ2v) is 8.84. The zero-order valence-electron chi connectivity index (χ0n) is 17.8. The smallest absolute Gasteiger partial charge is 0.255 e. The maximum Gasteiger partial charge on any atom is 0.255 e. The van der Waals surface area contributed by atoms with Crippen LogP contribution in [0.5, 0.6) is 0 Å². The molecule has 0 spiro atoms. The Balaban J connectivity index is 1.65. The molecule has 4 aromatic rings.